The maximum Gasteiger partial charge on any atom is 0.249 e. The molecule has 124 heavy (non-hydrogen) atoms. The van der Waals surface area contributed by atoms with E-state index in [9.17, 15) is 72.1 Å². The molecule has 10 heterocycles. The van der Waals surface area contributed by atoms with Crippen molar-refractivity contribution in [2.24, 2.45) is 33.8 Å². The van der Waals surface area contributed by atoms with E-state index >= 15 is 0 Å². The summed E-state index contributed by atoms with van der Waals surface area (Å²) in [5, 5.41) is 88.8. The van der Waals surface area contributed by atoms with Crippen LogP contribution in [-0.4, -0.2) is 194 Å². The number of hydrogen-bond donors (Lipinski definition) is 11. The van der Waals surface area contributed by atoms with Gasteiger partial charge < -0.3 is 49.6 Å². The van der Waals surface area contributed by atoms with E-state index in [1.54, 1.807) is 77.6 Å². The number of carbonyl (C=O) groups is 2. The van der Waals surface area contributed by atoms with Crippen molar-refractivity contribution < 1.29 is 101 Å². The molecule has 2 fully saturated rings. The topological polar surface area (TPSA) is 621 Å². The Kier molecular flexibility index (Phi) is 43.7. The maximum absolute atomic E-state index is 12.7. The molecular weight excluding hydrogens is 1960 g/mol. The third kappa shape index (κ3) is 37.6. The summed E-state index contributed by atoms with van der Waals surface area (Å²) >= 11 is 8.94. The molecule has 0 radical (unpaired) electrons. The third-order valence-corrected chi connectivity index (χ3v) is 57.3. The summed E-state index contributed by atoms with van der Waals surface area (Å²) < 4.78 is 147. The largest absolute Gasteiger partial charge is 0.394 e. The number of rotatable bonds is 19. The number of primary sulfonamides is 3. The van der Waals surface area contributed by atoms with E-state index in [-0.39, 0.29) is 79.5 Å². The van der Waals surface area contributed by atoms with E-state index in [4.69, 9.17) is 54.9 Å². The minimum absolute atomic E-state index is 0. The number of sulfone groups is 1. The molecule has 8 aromatic rings. The van der Waals surface area contributed by atoms with Gasteiger partial charge in [-0.25, -0.2) is 108 Å². The first-order chi connectivity index (χ1) is 55.1. The van der Waals surface area contributed by atoms with Crippen molar-refractivity contribution in [3.8, 4) is 0 Å². The lowest BCUT2D eigenvalue weighted by Crippen LogP contribution is -2.44. The second-order valence-corrected chi connectivity index (χ2v) is 70.2. The Labute approximate surface area is 771 Å². The molecule has 16 N–H and O–H groups in total. The Morgan fingerprint density at radius 3 is 0.952 bits per heavy atom. The zero-order valence-corrected chi connectivity index (χ0v) is 89.7. The molecule has 8 aromatic heterocycles. The number of nitrogens with zero attached hydrogens (tertiary/aromatic N) is 10. The van der Waals surface area contributed by atoms with Crippen LogP contribution < -0.4 is 25.7 Å². The standard InChI is InChI=1S/C13H25NO3S2Si.2C12H25N3O2S2Si.C7H10N2O4S2.C7H9NO2S.C6H10N2O3S2.C5H6N2O3S2.C5H5NOS.C2H6O2.ClH/c1-12(2,3)20(6,7)9-19(16,17)10-8-14-11(18-10)13(4,5)15;2*1-11(2,3)20(6,7)15-19(13,17)9-8-14-10(18-9)12(4,5)16;1-7(12-2-3-13-7)6-9-4-5(14-6)15(8,10)11;1-7(9-3-4-10-7)6-8-2-5-11-6;1-6(2,9)5-8-3-4(12-5)13(7,10)11;1-3(8)5-7-2-4(11-5)12(6,9)10;1-4(7)5-6-2-3-8-5;3-1-2-4;/h8,15H,9H2,1-7H3;2*8,16H,1-7H3,(H2,13,15,17);4H,2-3H2,1H3,(H2,8,10,11);2,5H,3-4H2,1H3;3,9H,1-2H3,(H2,7,10,11);2H,1H3,(H2,6,9,10);2-3H,1H3;3-4H,1-2H2;1H. The van der Waals surface area contributed by atoms with Crippen LogP contribution in [0.25, 0.3) is 0 Å². The van der Waals surface area contributed by atoms with Crippen molar-refractivity contribution in [2.75, 3.05) is 45.0 Å². The zero-order chi connectivity index (χ0) is 95.8. The van der Waals surface area contributed by atoms with Gasteiger partial charge in [0.2, 0.25) is 41.6 Å². The number of halogens is 1. The summed E-state index contributed by atoms with van der Waals surface area (Å²) in [6, 6.07) is 0. The van der Waals surface area contributed by atoms with E-state index in [1.165, 1.54) is 63.8 Å². The van der Waals surface area contributed by atoms with Crippen LogP contribution in [0.5, 0.6) is 0 Å². The van der Waals surface area contributed by atoms with Gasteiger partial charge in [0.15, 0.2) is 70.5 Å². The van der Waals surface area contributed by atoms with Gasteiger partial charge in [0.25, 0.3) is 0 Å². The molecule has 2 saturated heterocycles. The van der Waals surface area contributed by atoms with Crippen molar-refractivity contribution in [1.29, 1.82) is 0 Å². The number of sulfonamides is 3. The fraction of sp³-hybridized carbons (Fsp3) is 0.623. The van der Waals surface area contributed by atoms with Crippen LogP contribution in [-0.2, 0) is 113 Å². The summed E-state index contributed by atoms with van der Waals surface area (Å²) in [4.78, 5) is 52.6. The van der Waals surface area contributed by atoms with Gasteiger partial charge >= 0.3 is 0 Å². The molecule has 708 valence electrons. The van der Waals surface area contributed by atoms with E-state index in [0.29, 0.717) is 64.9 Å². The summed E-state index contributed by atoms with van der Waals surface area (Å²) in [7, 11) is -26.5. The molecule has 37 nitrogen and oxygen atoms in total. The minimum Gasteiger partial charge on any atom is -0.394 e. The molecule has 2 aliphatic rings. The molecule has 0 spiro atoms. The van der Waals surface area contributed by atoms with Crippen LogP contribution in [0.15, 0.2) is 93.6 Å². The molecule has 0 bridgehead atoms. The van der Waals surface area contributed by atoms with E-state index in [2.05, 4.69) is 150 Å². The highest BCUT2D eigenvalue weighted by Crippen LogP contribution is 2.43. The molecular formula is C69H122ClN15O22S14Si3. The molecule has 10 rings (SSSR count). The number of carbonyl (C=O) groups excluding carboxylic acids is 2. The van der Waals surface area contributed by atoms with Gasteiger partial charge in [-0.05, 0) is 111 Å². The highest BCUT2D eigenvalue weighted by atomic mass is 35.5. The van der Waals surface area contributed by atoms with Crippen molar-refractivity contribution in [3.05, 3.63) is 100 Å². The van der Waals surface area contributed by atoms with Gasteiger partial charge in [-0.2, -0.15) is 0 Å². The number of nitrogens with two attached hydrogens (primary N) is 5. The van der Waals surface area contributed by atoms with Crippen molar-refractivity contribution in [2.45, 2.75) is 259 Å². The van der Waals surface area contributed by atoms with Gasteiger partial charge in [0, 0.05) is 42.4 Å². The first kappa shape index (κ1) is 118. The van der Waals surface area contributed by atoms with Crippen LogP contribution in [0.2, 0.25) is 54.4 Å². The zero-order valence-electron chi connectivity index (χ0n) is 74.4. The average Bonchev–Trinajstić information content (AvgIpc) is 1.47. The first-order valence-corrected chi connectivity index (χ1v) is 62.0. The number of thiazole rings is 8. The Balaban J connectivity index is 0.000000712. The average molecular weight is 2080 g/mol. The lowest BCUT2D eigenvalue weighted by atomic mass is 10.2. The Bertz CT molecular complexity index is 5380. The predicted octanol–water partition coefficient (Wildman–Crippen LogP) is 11.5. The minimum atomic E-state index is -3.71. The fourth-order valence-electron chi connectivity index (χ4n) is 7.79. The van der Waals surface area contributed by atoms with Gasteiger partial charge in [-0.1, -0.05) is 86.7 Å². The van der Waals surface area contributed by atoms with Crippen molar-refractivity contribution >= 4 is 199 Å². The lowest BCUT2D eigenvalue weighted by Gasteiger charge is -2.36. The molecule has 55 heteroatoms. The molecule has 0 aliphatic carbocycles. The monoisotopic (exact) mass is 2080 g/mol. The number of Topliss-reactive ketones (excluding diaryl/α,β-unsaturated/α-hetero) is 2. The van der Waals surface area contributed by atoms with Gasteiger partial charge in [-0.3, -0.25) is 17.6 Å². The number of ether oxygens (including phenoxy) is 4. The SMILES string of the molecule is CC(=O)c1ncc(S(N)(=O)=O)s1.CC(=O)c1nccs1.CC(C)(O)c1ncc(S(=O)(=O)C[Si](C)(C)C(C)(C)C)s1.CC(C)(O)c1ncc(S(N)(=O)=N[Si](C)(C)C(C)(C)C)s1.CC(C)(O)c1ncc(S(N)(=O)=N[Si](C)(C)C(C)(C)C)s1.CC(C)(O)c1ncc(S(N)(=O)=O)s1.CC1(c2ncc(S(N)(=O)=O)s2)OCCO1.CC1(c2nccs2)OCCO1.Cl.OCCO. The summed E-state index contributed by atoms with van der Waals surface area (Å²) in [5.41, 5.74) is -4.35. The quantitative estimate of drug-likeness (QED) is 0.0264. The Hall–Kier alpha value is -3.58. The van der Waals surface area contributed by atoms with Crippen molar-refractivity contribution in [1.82, 2.24) is 39.9 Å². The highest BCUT2D eigenvalue weighted by molar-refractivity contribution is 7.95. The normalized spacial score (nSPS) is 15.6. The van der Waals surface area contributed by atoms with E-state index in [1.807, 2.05) is 12.3 Å². The molecule has 0 aromatic carbocycles. The number of aliphatic hydroxyl groups is 6. The van der Waals surface area contributed by atoms with Crippen LogP contribution in [0, 0.1) is 0 Å². The molecule has 0 saturated carbocycles. The first-order valence-electron chi connectivity index (χ1n) is 36.8. The number of hydrogen-bond acceptors (Lipinski definition) is 40. The second-order valence-electron chi connectivity index (χ2n) is 34.1. The molecule has 2 aliphatic heterocycles. The van der Waals surface area contributed by atoms with Crippen molar-refractivity contribution in [3.63, 3.8) is 0 Å². The van der Waals surface area contributed by atoms with Crippen LogP contribution >= 0.6 is 103 Å². The highest BCUT2D eigenvalue weighted by Gasteiger charge is 2.43. The smallest absolute Gasteiger partial charge is 0.249 e. The Morgan fingerprint density at radius 1 is 0.411 bits per heavy atom. The van der Waals surface area contributed by atoms with Gasteiger partial charge in [-0.15, -0.1) is 91.8 Å². The van der Waals surface area contributed by atoms with Crippen LogP contribution in [0.1, 0.15) is 195 Å². The molecule has 2 unspecified atom stereocenters. The van der Waals surface area contributed by atoms with Crippen LogP contribution in [0.3, 0.4) is 0 Å². The second kappa shape index (κ2) is 45.7. The van der Waals surface area contributed by atoms with E-state index in [0.717, 1.165) is 85.4 Å². The summed E-state index contributed by atoms with van der Waals surface area (Å²) in [6.45, 7) is 52.5. The maximum atomic E-state index is 12.7. The fourth-order valence-corrected chi connectivity index (χ4v) is 34.0. The number of aliphatic hydroxyl groups excluding tert-OH is 2. The Morgan fingerprint density at radius 2 is 0.702 bits per heavy atom. The summed E-state index contributed by atoms with van der Waals surface area (Å²) in [6.07, 6.45) is 11.1. The van der Waals surface area contributed by atoms with Crippen LogP contribution in [0.4, 0.5) is 0 Å². The van der Waals surface area contributed by atoms with Gasteiger partial charge in [0.1, 0.15) is 74.9 Å². The number of ketones is 2. The number of aromatic nitrogens is 8. The predicted molar refractivity (Wildman–Crippen MR) is 502 cm³/mol. The summed E-state index contributed by atoms with van der Waals surface area (Å²) in [5.74, 6) is -1.74. The molecule has 0 amide bonds. The van der Waals surface area contributed by atoms with Gasteiger partial charge in [0.05, 0.1) is 84.9 Å². The van der Waals surface area contributed by atoms with E-state index < -0.39 is 118 Å². The molecule has 2 atom stereocenters. The lowest BCUT2D eigenvalue weighted by molar-refractivity contribution is -0.150. The third-order valence-electron chi connectivity index (χ3n) is 17.7.